The molecule has 12 heteroatoms. The normalized spacial score (nSPS) is 23.4. The van der Waals surface area contributed by atoms with E-state index in [4.69, 9.17) is 14.2 Å². The molecule has 2 fully saturated rings. The molecule has 0 spiro atoms. The van der Waals surface area contributed by atoms with Crippen molar-refractivity contribution in [3.63, 3.8) is 0 Å². The van der Waals surface area contributed by atoms with Gasteiger partial charge in [-0.25, -0.2) is 24.5 Å². The van der Waals surface area contributed by atoms with Gasteiger partial charge >= 0.3 is 12.0 Å². The Kier molecular flexibility index (Phi) is 7.59. The van der Waals surface area contributed by atoms with Crippen LogP contribution in [0.4, 0.5) is 10.6 Å². The van der Waals surface area contributed by atoms with E-state index in [1.54, 1.807) is 23.0 Å². The van der Waals surface area contributed by atoms with E-state index in [1.807, 2.05) is 49.4 Å². The first-order valence-corrected chi connectivity index (χ1v) is 13.6. The van der Waals surface area contributed by atoms with Crippen molar-refractivity contribution in [1.29, 1.82) is 0 Å². The Labute approximate surface area is 235 Å². The van der Waals surface area contributed by atoms with Crippen LogP contribution in [-0.2, 0) is 20.6 Å². The summed E-state index contributed by atoms with van der Waals surface area (Å²) >= 11 is 0. The lowest BCUT2D eigenvalue weighted by molar-refractivity contribution is -0.148. The first-order chi connectivity index (χ1) is 20.0. The number of aryl methyl sites for hydroxylation is 1. The molecule has 4 aromatic rings. The molecular formula is C29H30N6O6. The van der Waals surface area contributed by atoms with Gasteiger partial charge in [0.05, 0.1) is 18.0 Å². The number of carbonyl (C=O) groups excluding carboxylic acids is 1. The summed E-state index contributed by atoms with van der Waals surface area (Å²) < 4.78 is 21.2. The van der Waals surface area contributed by atoms with Gasteiger partial charge in [0, 0.05) is 12.1 Å². The lowest BCUT2D eigenvalue weighted by Crippen LogP contribution is -2.29. The summed E-state index contributed by atoms with van der Waals surface area (Å²) in [5.74, 6) is -0.653. The molecule has 41 heavy (non-hydrogen) atoms. The summed E-state index contributed by atoms with van der Waals surface area (Å²) in [4.78, 5) is 36.9. The zero-order valence-electron chi connectivity index (χ0n) is 22.3. The second kappa shape index (κ2) is 11.6. The maximum Gasteiger partial charge on any atom is 0.335 e. The number of ether oxygens (including phenoxy) is 3. The highest BCUT2D eigenvalue weighted by atomic mass is 16.8. The predicted molar refractivity (Wildman–Crippen MR) is 147 cm³/mol. The van der Waals surface area contributed by atoms with E-state index >= 15 is 0 Å². The highest BCUT2D eigenvalue weighted by molar-refractivity contribution is 5.95. The Morgan fingerprint density at radius 2 is 1.76 bits per heavy atom. The van der Waals surface area contributed by atoms with Gasteiger partial charge in [-0.1, -0.05) is 48.5 Å². The number of nitrogens with zero attached hydrogens (tertiary/aromatic N) is 4. The number of fused-ring (bicyclic) bond motifs is 2. The van der Waals surface area contributed by atoms with Crippen LogP contribution in [0.2, 0.25) is 0 Å². The van der Waals surface area contributed by atoms with Crippen molar-refractivity contribution in [2.24, 2.45) is 0 Å². The molecule has 4 heterocycles. The second-order valence-electron chi connectivity index (χ2n) is 9.89. The Hall–Kier alpha value is -4.39. The number of hydrogen-bond donors (Lipinski definition) is 3. The minimum atomic E-state index is -0.939. The summed E-state index contributed by atoms with van der Waals surface area (Å²) in [6.45, 7) is 2.29. The Morgan fingerprint density at radius 3 is 2.56 bits per heavy atom. The number of anilines is 1. The fraction of sp³-hybridized carbons (Fsp3) is 0.345. The van der Waals surface area contributed by atoms with E-state index in [-0.39, 0.29) is 24.1 Å². The van der Waals surface area contributed by atoms with Crippen LogP contribution in [0.3, 0.4) is 0 Å². The number of carboxylic acids is 1. The summed E-state index contributed by atoms with van der Waals surface area (Å²) in [5.41, 5.74) is 2.90. The molecule has 2 saturated heterocycles. The number of benzene rings is 2. The van der Waals surface area contributed by atoms with Gasteiger partial charge in [-0.05, 0) is 37.8 Å². The van der Waals surface area contributed by atoms with Crippen LogP contribution in [-0.4, -0.2) is 61.5 Å². The van der Waals surface area contributed by atoms with Gasteiger partial charge in [-0.3, -0.25) is 9.88 Å². The van der Waals surface area contributed by atoms with Crippen molar-refractivity contribution in [3.8, 4) is 0 Å². The molecule has 6 rings (SSSR count). The number of carboxylic acid groups (broad SMARTS) is 1. The van der Waals surface area contributed by atoms with Crippen molar-refractivity contribution in [1.82, 2.24) is 24.8 Å². The Bertz CT molecular complexity index is 1550. The van der Waals surface area contributed by atoms with Crippen LogP contribution in [0.15, 0.2) is 67.3 Å². The molecule has 0 radical (unpaired) electrons. The van der Waals surface area contributed by atoms with Gasteiger partial charge < -0.3 is 24.6 Å². The van der Waals surface area contributed by atoms with E-state index in [2.05, 4.69) is 25.6 Å². The number of amides is 2. The highest BCUT2D eigenvalue weighted by Crippen LogP contribution is 2.46. The maximum absolute atomic E-state index is 12.1. The van der Waals surface area contributed by atoms with Crippen molar-refractivity contribution in [2.75, 3.05) is 11.9 Å². The van der Waals surface area contributed by atoms with Gasteiger partial charge in [0.1, 0.15) is 18.5 Å². The monoisotopic (exact) mass is 558 g/mol. The molecule has 5 atom stereocenters. The Balaban J connectivity index is 1.25. The van der Waals surface area contributed by atoms with Gasteiger partial charge in [0.15, 0.2) is 29.5 Å². The predicted octanol–water partition coefficient (Wildman–Crippen LogP) is 4.07. The van der Waals surface area contributed by atoms with Gasteiger partial charge in [0.2, 0.25) is 0 Å². The first kappa shape index (κ1) is 26.8. The number of urea groups is 1. The van der Waals surface area contributed by atoms with Crippen LogP contribution in [0.25, 0.3) is 11.2 Å². The molecular weight excluding hydrogens is 528 g/mol. The van der Waals surface area contributed by atoms with Crippen molar-refractivity contribution in [2.45, 2.75) is 57.0 Å². The molecule has 2 amide bonds. The highest BCUT2D eigenvalue weighted by Gasteiger charge is 2.53. The molecule has 0 aliphatic carbocycles. The Morgan fingerprint density at radius 1 is 0.976 bits per heavy atom. The number of hydrogen-bond acceptors (Lipinski definition) is 8. The molecule has 2 aliphatic rings. The van der Waals surface area contributed by atoms with Crippen LogP contribution < -0.4 is 10.6 Å². The number of imidazole rings is 1. The molecule has 212 valence electrons. The minimum absolute atomic E-state index is 0.286. The number of aromatic nitrogens is 4. The van der Waals surface area contributed by atoms with Crippen molar-refractivity contribution in [3.05, 3.63) is 83.9 Å². The molecule has 0 saturated carbocycles. The maximum atomic E-state index is 12.1. The van der Waals surface area contributed by atoms with Crippen LogP contribution in [0.1, 0.15) is 53.8 Å². The third kappa shape index (κ3) is 5.36. The van der Waals surface area contributed by atoms with Crippen LogP contribution in [0, 0.1) is 0 Å². The average molecular weight is 559 g/mol. The van der Waals surface area contributed by atoms with E-state index < -0.39 is 24.6 Å². The largest absolute Gasteiger partial charge is 0.478 e. The zero-order chi connectivity index (χ0) is 28.3. The van der Waals surface area contributed by atoms with E-state index in [1.165, 1.54) is 6.33 Å². The van der Waals surface area contributed by atoms with E-state index in [9.17, 15) is 14.7 Å². The summed E-state index contributed by atoms with van der Waals surface area (Å²) in [6.07, 6.45) is 2.58. The second-order valence-corrected chi connectivity index (χ2v) is 9.89. The lowest BCUT2D eigenvalue weighted by atomic mass is 9.99. The van der Waals surface area contributed by atoms with Crippen LogP contribution in [0.5, 0.6) is 0 Å². The first-order valence-electron chi connectivity index (χ1n) is 13.6. The minimum Gasteiger partial charge on any atom is -0.478 e. The number of nitrogens with one attached hydrogen (secondary N) is 2. The summed E-state index contributed by atoms with van der Waals surface area (Å²) in [7, 11) is 0. The third-order valence-corrected chi connectivity index (χ3v) is 7.30. The molecule has 2 aromatic carbocycles. The molecule has 2 aliphatic heterocycles. The van der Waals surface area contributed by atoms with Crippen molar-refractivity contribution < 1.29 is 28.9 Å². The SMILES string of the molecule is CCNC(=O)Nc1ncnc2c1ncn2C1OC(CCCc2ccccc2C(=O)O)C2O[C@H](c3ccccc3)OC21. The summed E-state index contributed by atoms with van der Waals surface area (Å²) in [5, 5.41) is 14.9. The van der Waals surface area contributed by atoms with Gasteiger partial charge in [0.25, 0.3) is 0 Å². The number of carbonyl (C=O) groups is 2. The van der Waals surface area contributed by atoms with E-state index in [0.717, 1.165) is 11.1 Å². The quantitative estimate of drug-likeness (QED) is 0.276. The van der Waals surface area contributed by atoms with Gasteiger partial charge in [-0.2, -0.15) is 0 Å². The smallest absolute Gasteiger partial charge is 0.335 e. The fourth-order valence-corrected chi connectivity index (χ4v) is 5.44. The molecule has 4 unspecified atom stereocenters. The topological polar surface area (TPSA) is 150 Å². The lowest BCUT2D eigenvalue weighted by Gasteiger charge is -2.21. The molecule has 12 nitrogen and oxygen atoms in total. The van der Waals surface area contributed by atoms with Crippen LogP contribution >= 0.6 is 0 Å². The van der Waals surface area contributed by atoms with Crippen molar-refractivity contribution >= 4 is 29.0 Å². The fourth-order valence-electron chi connectivity index (χ4n) is 5.44. The standard InChI is InChI=1S/C29H30N6O6/c1-2-30-29(38)34-24-21-25(32-15-31-24)35(16-33-21)26-23-22(40-28(41-23)18-10-4-3-5-11-18)20(39-26)14-8-12-17-9-6-7-13-19(17)27(36)37/h3-7,9-11,13,15-16,20,22-23,26,28H,2,8,12,14H2,1H3,(H,36,37)(H2,30,31,32,34,38)/t20?,22?,23?,26?,28-/m0/s1. The number of aromatic carboxylic acids is 1. The number of rotatable bonds is 9. The zero-order valence-corrected chi connectivity index (χ0v) is 22.3. The third-order valence-electron chi connectivity index (χ3n) is 7.30. The molecule has 3 N–H and O–H groups in total. The molecule has 2 aromatic heterocycles. The van der Waals surface area contributed by atoms with Gasteiger partial charge in [-0.15, -0.1) is 0 Å². The summed E-state index contributed by atoms with van der Waals surface area (Å²) in [6, 6.07) is 16.4. The molecule has 0 bridgehead atoms. The average Bonchev–Trinajstić information content (AvgIpc) is 3.69. The van der Waals surface area contributed by atoms with E-state index in [0.29, 0.717) is 42.5 Å².